The van der Waals surface area contributed by atoms with Crippen molar-refractivity contribution >= 4 is 22.9 Å². The topological polar surface area (TPSA) is 93.3 Å². The first-order valence-corrected chi connectivity index (χ1v) is 5.74. The Morgan fingerprint density at radius 1 is 1.10 bits per heavy atom. The van der Waals surface area contributed by atoms with E-state index >= 15 is 0 Å². The second-order valence-corrected chi connectivity index (χ2v) is 4.04. The van der Waals surface area contributed by atoms with Crippen LogP contribution in [-0.2, 0) is 4.79 Å². The summed E-state index contributed by atoms with van der Waals surface area (Å²) in [6.45, 7) is 0. The second kappa shape index (κ2) is 4.58. The van der Waals surface area contributed by atoms with Crippen molar-refractivity contribution in [3.05, 3.63) is 48.3 Å². The highest BCUT2D eigenvalue weighted by atomic mass is 16.4. The number of ketones is 1. The number of carboxylic acids is 1. The molecule has 0 spiro atoms. The number of aromatic nitrogens is 2. The lowest BCUT2D eigenvalue weighted by Gasteiger charge is -1.95. The molecule has 0 aliphatic rings. The summed E-state index contributed by atoms with van der Waals surface area (Å²) >= 11 is 0. The third kappa shape index (κ3) is 1.93. The van der Waals surface area contributed by atoms with E-state index < -0.39 is 11.8 Å². The lowest BCUT2D eigenvalue weighted by Crippen LogP contribution is -2.12. The van der Waals surface area contributed by atoms with Gasteiger partial charge in [0.25, 0.3) is 5.78 Å². The van der Waals surface area contributed by atoms with E-state index in [9.17, 15) is 9.59 Å². The van der Waals surface area contributed by atoms with Gasteiger partial charge in [0.15, 0.2) is 5.58 Å². The fourth-order valence-electron chi connectivity index (χ4n) is 1.86. The van der Waals surface area contributed by atoms with Gasteiger partial charge in [-0.2, -0.15) is 0 Å². The molecule has 0 saturated carbocycles. The highest BCUT2D eigenvalue weighted by Crippen LogP contribution is 2.26. The van der Waals surface area contributed by atoms with Gasteiger partial charge in [-0.25, -0.2) is 9.78 Å². The summed E-state index contributed by atoms with van der Waals surface area (Å²) in [6.07, 6.45) is 3.18. The zero-order valence-corrected chi connectivity index (χ0v) is 10.1. The molecular weight excluding hydrogens is 260 g/mol. The van der Waals surface area contributed by atoms with Crippen LogP contribution in [0.5, 0.6) is 0 Å². The van der Waals surface area contributed by atoms with Gasteiger partial charge in [-0.05, 0) is 24.3 Å². The standard InChI is InChI=1S/C14H8N2O4/c17-12(14(18)19)9-2-1-3-10-11(9)16-13(20-10)8-4-6-15-7-5-8/h1-7H,(H,18,19). The number of benzene rings is 1. The average molecular weight is 268 g/mol. The van der Waals surface area contributed by atoms with Gasteiger partial charge in [0.2, 0.25) is 5.89 Å². The monoisotopic (exact) mass is 268 g/mol. The Balaban J connectivity index is 2.19. The Morgan fingerprint density at radius 3 is 2.55 bits per heavy atom. The lowest BCUT2D eigenvalue weighted by molar-refractivity contribution is -0.131. The molecule has 0 aliphatic heterocycles. The predicted molar refractivity (Wildman–Crippen MR) is 69.2 cm³/mol. The molecule has 6 nitrogen and oxygen atoms in total. The maximum absolute atomic E-state index is 11.6. The largest absolute Gasteiger partial charge is 0.475 e. The third-order valence-corrected chi connectivity index (χ3v) is 2.79. The van der Waals surface area contributed by atoms with Crippen LogP contribution in [0.4, 0.5) is 0 Å². The van der Waals surface area contributed by atoms with E-state index in [1.807, 2.05) is 0 Å². The van der Waals surface area contributed by atoms with Gasteiger partial charge in [0, 0.05) is 18.0 Å². The van der Waals surface area contributed by atoms with Crippen LogP contribution in [0.3, 0.4) is 0 Å². The van der Waals surface area contributed by atoms with Crippen molar-refractivity contribution in [1.82, 2.24) is 9.97 Å². The maximum Gasteiger partial charge on any atom is 0.377 e. The number of nitrogens with zero attached hydrogens (tertiary/aromatic N) is 2. The smallest absolute Gasteiger partial charge is 0.377 e. The molecule has 3 rings (SSSR count). The van der Waals surface area contributed by atoms with Crippen molar-refractivity contribution < 1.29 is 19.1 Å². The Hall–Kier alpha value is -3.02. The molecule has 2 aromatic heterocycles. The molecule has 0 saturated heterocycles. The number of carbonyl (C=O) groups is 2. The van der Waals surface area contributed by atoms with Gasteiger partial charge < -0.3 is 9.52 Å². The first-order chi connectivity index (χ1) is 9.66. The third-order valence-electron chi connectivity index (χ3n) is 2.79. The number of para-hydroxylation sites is 1. The fourth-order valence-corrected chi connectivity index (χ4v) is 1.86. The maximum atomic E-state index is 11.6. The number of aliphatic carboxylic acids is 1. The number of carbonyl (C=O) groups excluding carboxylic acids is 1. The molecule has 0 amide bonds. The van der Waals surface area contributed by atoms with Crippen molar-refractivity contribution in [2.24, 2.45) is 0 Å². The number of carboxylic acid groups (broad SMARTS) is 1. The highest BCUT2D eigenvalue weighted by Gasteiger charge is 2.20. The second-order valence-electron chi connectivity index (χ2n) is 4.04. The molecule has 6 heteroatoms. The quantitative estimate of drug-likeness (QED) is 0.578. The number of fused-ring (bicyclic) bond motifs is 1. The van der Waals surface area contributed by atoms with Crippen LogP contribution >= 0.6 is 0 Å². The molecule has 20 heavy (non-hydrogen) atoms. The van der Waals surface area contributed by atoms with Crippen LogP contribution in [0, 0.1) is 0 Å². The van der Waals surface area contributed by atoms with Crippen LogP contribution in [0.2, 0.25) is 0 Å². The van der Waals surface area contributed by atoms with Crippen molar-refractivity contribution in [3.8, 4) is 11.5 Å². The lowest BCUT2D eigenvalue weighted by atomic mass is 10.1. The molecule has 0 fully saturated rings. The van der Waals surface area contributed by atoms with E-state index in [1.165, 1.54) is 6.07 Å². The average Bonchev–Trinajstić information content (AvgIpc) is 2.91. The minimum absolute atomic E-state index is 0.0130. The minimum atomic E-state index is -1.52. The summed E-state index contributed by atoms with van der Waals surface area (Å²) in [5, 5.41) is 8.80. The van der Waals surface area contributed by atoms with Gasteiger partial charge in [0.05, 0.1) is 5.56 Å². The number of hydrogen-bond acceptors (Lipinski definition) is 5. The van der Waals surface area contributed by atoms with E-state index in [0.29, 0.717) is 17.0 Å². The molecule has 98 valence electrons. The molecule has 0 unspecified atom stereocenters. The molecule has 3 aromatic rings. The SMILES string of the molecule is O=C(O)C(=O)c1cccc2oc(-c3ccncc3)nc12. The molecule has 2 heterocycles. The number of rotatable bonds is 3. The number of oxazole rings is 1. The Kier molecular flexibility index (Phi) is 2.76. The molecule has 0 atom stereocenters. The normalized spacial score (nSPS) is 10.6. The number of Topliss-reactive ketones (excluding diaryl/α,β-unsaturated/α-hetero) is 1. The molecular formula is C14H8N2O4. The van der Waals surface area contributed by atoms with Crippen LogP contribution < -0.4 is 0 Å². The van der Waals surface area contributed by atoms with Crippen LogP contribution in [-0.4, -0.2) is 26.8 Å². The summed E-state index contributed by atoms with van der Waals surface area (Å²) in [4.78, 5) is 30.5. The molecule has 0 aliphatic carbocycles. The minimum Gasteiger partial charge on any atom is -0.475 e. The zero-order valence-electron chi connectivity index (χ0n) is 10.1. The summed E-state index contributed by atoms with van der Waals surface area (Å²) in [5.41, 5.74) is 1.32. The first kappa shape index (κ1) is 12.0. The van der Waals surface area contributed by atoms with E-state index in [-0.39, 0.29) is 11.1 Å². The van der Waals surface area contributed by atoms with Crippen molar-refractivity contribution in [1.29, 1.82) is 0 Å². The Bertz CT molecular complexity index is 808. The van der Waals surface area contributed by atoms with Crippen molar-refractivity contribution in [2.45, 2.75) is 0 Å². The number of pyridine rings is 1. The molecule has 1 N–H and O–H groups in total. The van der Waals surface area contributed by atoms with Crippen LogP contribution in [0.1, 0.15) is 10.4 Å². The van der Waals surface area contributed by atoms with Gasteiger partial charge in [-0.15, -0.1) is 0 Å². The van der Waals surface area contributed by atoms with Gasteiger partial charge in [-0.1, -0.05) is 6.07 Å². The number of hydrogen-bond donors (Lipinski definition) is 1. The Labute approximate surface area is 112 Å². The molecule has 1 aromatic carbocycles. The summed E-state index contributed by atoms with van der Waals surface area (Å²) in [6, 6.07) is 8.02. The first-order valence-electron chi connectivity index (χ1n) is 5.74. The Morgan fingerprint density at radius 2 is 1.85 bits per heavy atom. The summed E-state index contributed by atoms with van der Waals surface area (Å²) in [5.74, 6) is -2.22. The van der Waals surface area contributed by atoms with Crippen molar-refractivity contribution in [3.63, 3.8) is 0 Å². The summed E-state index contributed by atoms with van der Waals surface area (Å²) < 4.78 is 5.54. The van der Waals surface area contributed by atoms with E-state index in [4.69, 9.17) is 9.52 Å². The summed E-state index contributed by atoms with van der Waals surface area (Å²) in [7, 11) is 0. The highest BCUT2D eigenvalue weighted by molar-refractivity contribution is 6.41. The predicted octanol–water partition coefficient (Wildman–Crippen LogP) is 2.16. The van der Waals surface area contributed by atoms with E-state index in [0.717, 1.165) is 0 Å². The van der Waals surface area contributed by atoms with Crippen molar-refractivity contribution in [2.75, 3.05) is 0 Å². The van der Waals surface area contributed by atoms with Crippen LogP contribution in [0.25, 0.3) is 22.6 Å². The van der Waals surface area contributed by atoms with Gasteiger partial charge in [0.1, 0.15) is 5.52 Å². The van der Waals surface area contributed by atoms with Gasteiger partial charge in [-0.3, -0.25) is 9.78 Å². The van der Waals surface area contributed by atoms with Crippen LogP contribution in [0.15, 0.2) is 47.1 Å². The molecule has 0 radical (unpaired) electrons. The molecule has 0 bridgehead atoms. The van der Waals surface area contributed by atoms with E-state index in [2.05, 4.69) is 9.97 Å². The van der Waals surface area contributed by atoms with Gasteiger partial charge >= 0.3 is 5.97 Å². The fraction of sp³-hybridized carbons (Fsp3) is 0. The zero-order chi connectivity index (χ0) is 14.1. The van der Waals surface area contributed by atoms with E-state index in [1.54, 1.807) is 36.7 Å².